The highest BCUT2D eigenvalue weighted by Crippen LogP contribution is 2.69. The van der Waals surface area contributed by atoms with Gasteiger partial charge in [0.2, 0.25) is 0 Å². The summed E-state index contributed by atoms with van der Waals surface area (Å²) >= 11 is 23.9. The third kappa shape index (κ3) is 1.82. The van der Waals surface area contributed by atoms with Gasteiger partial charge in [0.1, 0.15) is 10.3 Å². The number of carboxylic acids is 1. The Labute approximate surface area is 118 Å². The summed E-state index contributed by atoms with van der Waals surface area (Å²) in [4.78, 5) is 11.1. The summed E-state index contributed by atoms with van der Waals surface area (Å²) in [5, 5.41) is 9.94. The molecule has 0 heterocycles. The van der Waals surface area contributed by atoms with E-state index in [1.807, 2.05) is 0 Å². The van der Waals surface area contributed by atoms with Crippen molar-refractivity contribution < 1.29 is 9.90 Å². The number of carbonyl (C=O) groups is 1. The van der Waals surface area contributed by atoms with Crippen LogP contribution < -0.4 is 0 Å². The average molecular weight is 314 g/mol. The molecular formula is C11H8Cl4O2. The van der Waals surface area contributed by atoms with Gasteiger partial charge in [-0.3, -0.25) is 4.79 Å². The van der Waals surface area contributed by atoms with Crippen LogP contribution in [0.5, 0.6) is 0 Å². The average Bonchev–Trinajstić information content (AvgIpc) is 2.60. The molecular weight excluding hydrogens is 306 g/mol. The van der Waals surface area contributed by atoms with E-state index >= 15 is 0 Å². The highest BCUT2D eigenvalue weighted by Gasteiger charge is 2.77. The monoisotopic (exact) mass is 312 g/mol. The molecule has 1 aromatic carbocycles. The van der Waals surface area contributed by atoms with Crippen molar-refractivity contribution in [2.45, 2.75) is 16.7 Å². The molecule has 0 aliphatic heterocycles. The Hall–Kier alpha value is -0.150. The normalized spacial score (nSPS) is 30.1. The van der Waals surface area contributed by atoms with Crippen molar-refractivity contribution in [3.05, 3.63) is 33.8 Å². The van der Waals surface area contributed by atoms with Crippen molar-refractivity contribution in [2.24, 2.45) is 5.92 Å². The van der Waals surface area contributed by atoms with Gasteiger partial charge in [-0.25, -0.2) is 0 Å². The van der Waals surface area contributed by atoms with Crippen LogP contribution in [0.15, 0.2) is 18.2 Å². The zero-order valence-electron chi connectivity index (χ0n) is 8.68. The van der Waals surface area contributed by atoms with Crippen molar-refractivity contribution in [1.29, 1.82) is 0 Å². The lowest BCUT2D eigenvalue weighted by atomic mass is 9.95. The van der Waals surface area contributed by atoms with Crippen LogP contribution in [0, 0.1) is 5.92 Å². The van der Waals surface area contributed by atoms with Crippen LogP contribution >= 0.6 is 46.4 Å². The van der Waals surface area contributed by atoms with Gasteiger partial charge in [-0.05, 0) is 23.8 Å². The minimum absolute atomic E-state index is 0.425. The second kappa shape index (κ2) is 3.92. The zero-order valence-corrected chi connectivity index (χ0v) is 11.7. The second-order valence-corrected chi connectivity index (χ2v) is 6.51. The quantitative estimate of drug-likeness (QED) is 0.833. The SMILES string of the molecule is CC1(c2cc(Cl)cc(Cl)c2)C(C(=O)O)C1(Cl)Cl. The summed E-state index contributed by atoms with van der Waals surface area (Å²) in [7, 11) is 0. The van der Waals surface area contributed by atoms with Crippen molar-refractivity contribution in [1.82, 2.24) is 0 Å². The standard InChI is InChI=1S/C11H8Cl4O2/c1-10(8(9(16)17)11(10,14)15)5-2-6(12)4-7(13)3-5/h2-4,8H,1H3,(H,16,17). The predicted molar refractivity (Wildman–Crippen MR) is 69.4 cm³/mol. The topological polar surface area (TPSA) is 37.3 Å². The molecule has 1 aliphatic rings. The summed E-state index contributed by atoms with van der Waals surface area (Å²) in [6, 6.07) is 4.84. The minimum Gasteiger partial charge on any atom is -0.481 e. The predicted octanol–water partition coefficient (Wildman–Crippen LogP) is 4.14. The lowest BCUT2D eigenvalue weighted by Crippen LogP contribution is -2.12. The Morgan fingerprint density at radius 1 is 1.24 bits per heavy atom. The smallest absolute Gasteiger partial charge is 0.310 e. The van der Waals surface area contributed by atoms with Gasteiger partial charge in [0.05, 0.1) is 0 Å². The first-order valence-electron chi connectivity index (χ1n) is 4.78. The summed E-state index contributed by atoms with van der Waals surface area (Å²) in [6.45, 7) is 1.69. The third-order valence-corrected chi connectivity index (χ3v) is 4.92. The van der Waals surface area contributed by atoms with Crippen LogP contribution in [0.4, 0.5) is 0 Å². The molecule has 92 valence electrons. The highest BCUT2D eigenvalue weighted by atomic mass is 35.5. The Kier molecular flexibility index (Phi) is 3.07. The van der Waals surface area contributed by atoms with E-state index in [0.29, 0.717) is 15.6 Å². The number of halogens is 4. The van der Waals surface area contributed by atoms with Crippen LogP contribution in [0.25, 0.3) is 0 Å². The van der Waals surface area contributed by atoms with Crippen LogP contribution in [-0.4, -0.2) is 15.4 Å². The molecule has 0 radical (unpaired) electrons. The number of aliphatic carboxylic acids is 1. The molecule has 0 spiro atoms. The molecule has 2 nitrogen and oxygen atoms in total. The molecule has 1 N–H and O–H groups in total. The summed E-state index contributed by atoms with van der Waals surface area (Å²) in [6.07, 6.45) is 0. The fourth-order valence-electron chi connectivity index (χ4n) is 2.15. The number of carboxylic acid groups (broad SMARTS) is 1. The van der Waals surface area contributed by atoms with E-state index in [4.69, 9.17) is 51.5 Å². The van der Waals surface area contributed by atoms with Crippen molar-refractivity contribution in [3.63, 3.8) is 0 Å². The van der Waals surface area contributed by atoms with Gasteiger partial charge in [0, 0.05) is 15.5 Å². The van der Waals surface area contributed by atoms with Gasteiger partial charge in [-0.15, -0.1) is 0 Å². The Morgan fingerprint density at radius 3 is 2.06 bits per heavy atom. The first-order valence-corrected chi connectivity index (χ1v) is 6.29. The van der Waals surface area contributed by atoms with Crippen LogP contribution in [0.1, 0.15) is 12.5 Å². The molecule has 17 heavy (non-hydrogen) atoms. The van der Waals surface area contributed by atoms with E-state index in [1.165, 1.54) is 0 Å². The van der Waals surface area contributed by atoms with Gasteiger partial charge < -0.3 is 5.11 Å². The van der Waals surface area contributed by atoms with E-state index in [0.717, 1.165) is 0 Å². The molecule has 1 fully saturated rings. The zero-order chi connectivity index (χ0) is 13.0. The van der Waals surface area contributed by atoms with Gasteiger partial charge in [0.25, 0.3) is 0 Å². The first-order chi connectivity index (χ1) is 7.71. The van der Waals surface area contributed by atoms with Crippen molar-refractivity contribution >= 4 is 52.4 Å². The van der Waals surface area contributed by atoms with Gasteiger partial charge in [-0.2, -0.15) is 0 Å². The van der Waals surface area contributed by atoms with Crippen LogP contribution in [-0.2, 0) is 10.2 Å². The number of hydrogen-bond donors (Lipinski definition) is 1. The lowest BCUT2D eigenvalue weighted by molar-refractivity contribution is -0.139. The van der Waals surface area contributed by atoms with Crippen molar-refractivity contribution in [2.75, 3.05) is 0 Å². The fraction of sp³-hybridized carbons (Fsp3) is 0.364. The number of hydrogen-bond acceptors (Lipinski definition) is 1. The molecule has 1 aromatic rings. The molecule has 0 amide bonds. The largest absolute Gasteiger partial charge is 0.481 e. The number of benzene rings is 1. The van der Waals surface area contributed by atoms with Gasteiger partial charge in [-0.1, -0.05) is 53.3 Å². The summed E-state index contributed by atoms with van der Waals surface area (Å²) in [5.41, 5.74) is -0.247. The first kappa shape index (κ1) is 13.3. The molecule has 2 atom stereocenters. The molecule has 6 heteroatoms. The van der Waals surface area contributed by atoms with E-state index in [1.54, 1.807) is 25.1 Å². The second-order valence-electron chi connectivity index (χ2n) is 4.25. The lowest BCUT2D eigenvalue weighted by Gasteiger charge is -2.13. The van der Waals surface area contributed by atoms with Gasteiger partial charge >= 0.3 is 5.97 Å². The Balaban J connectivity index is 2.51. The summed E-state index contributed by atoms with van der Waals surface area (Å²) < 4.78 is -1.34. The maximum absolute atomic E-state index is 11.1. The molecule has 0 bridgehead atoms. The molecule has 1 aliphatic carbocycles. The van der Waals surface area contributed by atoms with Crippen molar-refractivity contribution in [3.8, 4) is 0 Å². The maximum Gasteiger partial charge on any atom is 0.310 e. The highest BCUT2D eigenvalue weighted by molar-refractivity contribution is 6.54. The molecule has 0 saturated heterocycles. The number of rotatable bonds is 2. The van der Waals surface area contributed by atoms with E-state index in [2.05, 4.69) is 0 Å². The third-order valence-electron chi connectivity index (χ3n) is 3.26. The molecule has 1 saturated carbocycles. The van der Waals surface area contributed by atoms with E-state index in [9.17, 15) is 4.79 Å². The van der Waals surface area contributed by atoms with E-state index < -0.39 is 21.6 Å². The number of alkyl halides is 2. The van der Waals surface area contributed by atoms with E-state index in [-0.39, 0.29) is 0 Å². The fourth-order valence-corrected chi connectivity index (χ4v) is 3.62. The van der Waals surface area contributed by atoms with Crippen LogP contribution in [0.3, 0.4) is 0 Å². The molecule has 2 rings (SSSR count). The molecule has 2 unspecified atom stereocenters. The molecule has 0 aromatic heterocycles. The minimum atomic E-state index is -1.34. The Bertz CT molecular complexity index is 480. The van der Waals surface area contributed by atoms with Crippen LogP contribution in [0.2, 0.25) is 10.0 Å². The Morgan fingerprint density at radius 2 is 1.71 bits per heavy atom. The van der Waals surface area contributed by atoms with Gasteiger partial charge in [0.15, 0.2) is 0 Å². The maximum atomic E-state index is 11.1. The summed E-state index contributed by atoms with van der Waals surface area (Å²) in [5.74, 6) is -1.90.